The van der Waals surface area contributed by atoms with E-state index in [4.69, 9.17) is 9.47 Å². The van der Waals surface area contributed by atoms with Gasteiger partial charge in [-0.25, -0.2) is 14.4 Å². The van der Waals surface area contributed by atoms with Gasteiger partial charge in [0.1, 0.15) is 31.0 Å². The molecule has 1 aliphatic rings. The Balaban J connectivity index is 2.06. The number of hydrogen-bond acceptors (Lipinski definition) is 8. The number of anilines is 1. The van der Waals surface area contributed by atoms with Crippen LogP contribution >= 0.6 is 0 Å². The quantitative estimate of drug-likeness (QED) is 0.425. The fourth-order valence-electron chi connectivity index (χ4n) is 3.45. The van der Waals surface area contributed by atoms with Gasteiger partial charge < -0.3 is 19.9 Å². The van der Waals surface area contributed by atoms with Crippen LogP contribution in [0.2, 0.25) is 0 Å². The van der Waals surface area contributed by atoms with Gasteiger partial charge in [0, 0.05) is 11.8 Å². The zero-order valence-electron chi connectivity index (χ0n) is 19.2. The smallest absolute Gasteiger partial charge is 0.478 e. The number of hydrogen-bond donors (Lipinski definition) is 2. The van der Waals surface area contributed by atoms with Crippen LogP contribution in [0.5, 0.6) is 0 Å². The number of rotatable bonds is 9. The number of aromatic nitrogens is 1. The average Bonchev–Trinajstić information content (AvgIpc) is 2.81. The van der Waals surface area contributed by atoms with Gasteiger partial charge in [0.05, 0.1) is 18.0 Å². The number of carboxylic acids is 1. The van der Waals surface area contributed by atoms with Gasteiger partial charge in [0.25, 0.3) is 0 Å². The van der Waals surface area contributed by atoms with Crippen LogP contribution in [-0.4, -0.2) is 64.2 Å². The van der Waals surface area contributed by atoms with Gasteiger partial charge >= 0.3 is 18.0 Å². The summed E-state index contributed by atoms with van der Waals surface area (Å²) in [5.41, 5.74) is 0.757. The number of amides is 1. The first-order valence-electron chi connectivity index (χ1n) is 10.8. The number of nitrogens with one attached hydrogen (secondary N) is 1. The third-order valence-corrected chi connectivity index (χ3v) is 5.10. The largest absolute Gasteiger partial charge is 0.508 e. The van der Waals surface area contributed by atoms with Gasteiger partial charge in [-0.3, -0.25) is 4.98 Å². The lowest BCUT2D eigenvalue weighted by atomic mass is 9.98. The minimum Gasteiger partial charge on any atom is -0.478 e. The predicted molar refractivity (Wildman–Crippen MR) is 124 cm³/mol. The van der Waals surface area contributed by atoms with Gasteiger partial charge in [0.2, 0.25) is 0 Å². The number of carbonyl (C=O) groups excluding carboxylic acids is 2. The molecule has 1 unspecified atom stereocenters. The molecule has 0 saturated heterocycles. The summed E-state index contributed by atoms with van der Waals surface area (Å²) in [6.45, 7) is 5.18. The third-order valence-electron chi connectivity index (χ3n) is 5.10. The number of aliphatic carboxylic acids is 1. The van der Waals surface area contributed by atoms with Gasteiger partial charge in [-0.15, -0.1) is 4.59 Å². The van der Waals surface area contributed by atoms with E-state index in [-0.39, 0.29) is 42.8 Å². The first-order chi connectivity index (χ1) is 16.3. The van der Waals surface area contributed by atoms with Crippen LogP contribution in [0.3, 0.4) is 0 Å². The molecule has 2 N–H and O–H groups in total. The lowest BCUT2D eigenvalue weighted by molar-refractivity contribution is -0.858. The number of pyridine rings is 1. The molecule has 0 fully saturated rings. The van der Waals surface area contributed by atoms with Crippen LogP contribution in [0.4, 0.5) is 10.5 Å². The molecule has 1 aromatic heterocycles. The molecule has 0 aliphatic carbocycles. The van der Waals surface area contributed by atoms with Crippen molar-refractivity contribution in [2.75, 3.05) is 25.0 Å². The lowest BCUT2D eigenvalue weighted by Crippen LogP contribution is -2.55. The Kier molecular flexibility index (Phi) is 7.75. The van der Waals surface area contributed by atoms with E-state index in [1.165, 1.54) is 6.20 Å². The van der Waals surface area contributed by atoms with Crippen molar-refractivity contribution in [1.82, 2.24) is 4.98 Å². The van der Waals surface area contributed by atoms with Crippen molar-refractivity contribution in [2.24, 2.45) is 5.10 Å². The maximum atomic E-state index is 13.7. The van der Waals surface area contributed by atoms with E-state index in [1.807, 2.05) is 0 Å². The van der Waals surface area contributed by atoms with Gasteiger partial charge in [-0.2, -0.15) is 0 Å². The zero-order chi connectivity index (χ0) is 24.7. The molecule has 34 heavy (non-hydrogen) atoms. The summed E-state index contributed by atoms with van der Waals surface area (Å²) in [7, 11) is 0. The Morgan fingerprint density at radius 2 is 1.88 bits per heavy atom. The standard InChI is InChI=1S/C24H26N4O6/c1-4-28(13-14-33-24(32)34-16(2)3)22(29)21(26-18-11-8-12-25-15-18)19(23(30)31)20(27-28)17-9-6-5-7-10-17/h5-12,15-16H,4,13-14H2,1-3H3,(H-,26,27,30,31)/p+1. The second-order valence-electron chi connectivity index (χ2n) is 7.77. The van der Waals surface area contributed by atoms with E-state index >= 15 is 0 Å². The van der Waals surface area contributed by atoms with Crippen molar-refractivity contribution in [3.8, 4) is 0 Å². The fraction of sp³-hybridized carbons (Fsp3) is 0.292. The molecule has 10 nitrogen and oxygen atoms in total. The number of quaternary nitrogens is 1. The highest BCUT2D eigenvalue weighted by molar-refractivity contribution is 6.30. The summed E-state index contributed by atoms with van der Waals surface area (Å²) >= 11 is 0. The van der Waals surface area contributed by atoms with Crippen LogP contribution in [0.1, 0.15) is 26.3 Å². The first kappa shape index (κ1) is 24.6. The van der Waals surface area contributed by atoms with Crippen LogP contribution in [0, 0.1) is 0 Å². The van der Waals surface area contributed by atoms with Gasteiger partial charge in [-0.05, 0) is 32.9 Å². The SMILES string of the molecule is CC[N+]1(CCOC(=O)OC(C)C)N=C(c2ccccc2)C(C(=O)O)=C(Nc2cccnc2)C1=O. The van der Waals surface area contributed by atoms with Crippen molar-refractivity contribution in [1.29, 1.82) is 0 Å². The van der Waals surface area contributed by atoms with Gasteiger partial charge in [0.15, 0.2) is 5.70 Å². The maximum Gasteiger partial charge on any atom is 0.508 e. The van der Waals surface area contributed by atoms with Crippen LogP contribution in [-0.2, 0) is 19.1 Å². The Morgan fingerprint density at radius 1 is 1.15 bits per heavy atom. The average molecular weight is 468 g/mol. The number of benzene rings is 1. The summed E-state index contributed by atoms with van der Waals surface area (Å²) in [5, 5.41) is 17.6. The summed E-state index contributed by atoms with van der Waals surface area (Å²) in [5.74, 6) is -1.86. The maximum absolute atomic E-state index is 13.7. The van der Waals surface area contributed by atoms with Crippen molar-refractivity contribution in [3.63, 3.8) is 0 Å². The normalized spacial score (nSPS) is 17.9. The van der Waals surface area contributed by atoms with Crippen molar-refractivity contribution < 1.29 is 33.6 Å². The summed E-state index contributed by atoms with van der Waals surface area (Å²) in [6, 6.07) is 12.1. The number of likely N-dealkylation sites (N-methyl/N-ethyl adjacent to an activating group) is 1. The predicted octanol–water partition coefficient (Wildman–Crippen LogP) is 3.18. The second-order valence-corrected chi connectivity index (χ2v) is 7.77. The number of ether oxygens (including phenoxy) is 2. The fourth-order valence-corrected chi connectivity index (χ4v) is 3.45. The van der Waals surface area contributed by atoms with E-state index in [0.717, 1.165) is 0 Å². The monoisotopic (exact) mass is 467 g/mol. The molecule has 0 radical (unpaired) electrons. The molecule has 178 valence electrons. The molecule has 10 heteroatoms. The minimum atomic E-state index is -1.30. The Bertz CT molecular complexity index is 1110. The molecular weight excluding hydrogens is 440 g/mol. The molecule has 2 aromatic rings. The molecule has 1 aliphatic heterocycles. The third kappa shape index (κ3) is 5.46. The van der Waals surface area contributed by atoms with Crippen LogP contribution in [0.25, 0.3) is 0 Å². The van der Waals surface area contributed by atoms with Gasteiger partial charge in [-0.1, -0.05) is 35.4 Å². The molecule has 3 rings (SSSR count). The second kappa shape index (κ2) is 10.7. The highest BCUT2D eigenvalue weighted by Crippen LogP contribution is 2.29. The number of carboxylic acid groups (broad SMARTS) is 1. The molecule has 0 saturated carbocycles. The molecule has 1 amide bonds. The highest BCUT2D eigenvalue weighted by Gasteiger charge is 2.47. The lowest BCUT2D eigenvalue weighted by Gasteiger charge is -2.33. The summed E-state index contributed by atoms with van der Waals surface area (Å²) in [4.78, 5) is 41.9. The minimum absolute atomic E-state index is 0.00994. The highest BCUT2D eigenvalue weighted by atomic mass is 16.7. The summed E-state index contributed by atoms with van der Waals surface area (Å²) in [6.07, 6.45) is 1.85. The summed E-state index contributed by atoms with van der Waals surface area (Å²) < 4.78 is 9.61. The first-order valence-corrected chi connectivity index (χ1v) is 10.8. The Hall–Kier alpha value is -4.05. The Labute approximate surface area is 197 Å². The van der Waals surface area contributed by atoms with Crippen LogP contribution in [0.15, 0.2) is 71.2 Å². The topological polar surface area (TPSA) is 127 Å². The molecule has 2 heterocycles. The van der Waals surface area contributed by atoms with E-state index in [9.17, 15) is 19.5 Å². The molecule has 0 bridgehead atoms. The Morgan fingerprint density at radius 3 is 2.47 bits per heavy atom. The van der Waals surface area contributed by atoms with Crippen molar-refractivity contribution >= 4 is 29.4 Å². The molecule has 1 aromatic carbocycles. The number of carbonyl (C=O) groups is 3. The molecule has 1 atom stereocenters. The van der Waals surface area contributed by atoms with Crippen molar-refractivity contribution in [3.05, 3.63) is 71.7 Å². The van der Waals surface area contributed by atoms with Crippen LogP contribution < -0.4 is 5.32 Å². The molecular formula is C24H27N4O6+. The van der Waals surface area contributed by atoms with E-state index < -0.39 is 22.6 Å². The van der Waals surface area contributed by atoms with E-state index in [2.05, 4.69) is 15.4 Å². The van der Waals surface area contributed by atoms with Crippen molar-refractivity contribution in [2.45, 2.75) is 26.9 Å². The van der Waals surface area contributed by atoms with E-state index in [0.29, 0.717) is 11.3 Å². The van der Waals surface area contributed by atoms with E-state index in [1.54, 1.807) is 69.4 Å². The zero-order valence-corrected chi connectivity index (χ0v) is 19.2. The number of nitrogens with zero attached hydrogens (tertiary/aromatic N) is 3. The molecule has 0 spiro atoms.